The molecule has 0 radical (unpaired) electrons. The van der Waals surface area contributed by atoms with E-state index in [1.807, 2.05) is 0 Å². The standard InChI is InChI=1S/C28H50O4/c1-3-5-6-7-8-9-10-11-12-13-14-15-16-17-18-19-20-21-22-23-26(25-27(29)30)28(31)32-24-4-2/h4,7-8,26H,2-3,5-6,9-25H2,1H3,(H,29,30)/b8-7+. The van der Waals surface area contributed by atoms with Gasteiger partial charge in [0.05, 0.1) is 12.3 Å². The van der Waals surface area contributed by atoms with Crippen LogP contribution in [-0.4, -0.2) is 23.7 Å². The van der Waals surface area contributed by atoms with Crippen LogP contribution in [0.15, 0.2) is 24.8 Å². The third-order valence-corrected chi connectivity index (χ3v) is 5.91. The SMILES string of the molecule is C=CCOC(=O)C(CCCCCCCCCCCCCCC/C=C/CCCC)CC(=O)O. The van der Waals surface area contributed by atoms with E-state index in [9.17, 15) is 9.59 Å². The fourth-order valence-corrected chi connectivity index (χ4v) is 3.93. The molecular formula is C28H50O4. The zero-order valence-corrected chi connectivity index (χ0v) is 20.8. The van der Waals surface area contributed by atoms with Gasteiger partial charge in [-0.15, -0.1) is 0 Å². The predicted octanol–water partition coefficient (Wildman–Crippen LogP) is 8.40. The number of hydrogen-bond acceptors (Lipinski definition) is 3. The number of carbonyl (C=O) groups excluding carboxylic acids is 1. The second-order valence-electron chi connectivity index (χ2n) is 9.00. The van der Waals surface area contributed by atoms with Crippen molar-refractivity contribution in [1.82, 2.24) is 0 Å². The highest BCUT2D eigenvalue weighted by atomic mass is 16.5. The van der Waals surface area contributed by atoms with Gasteiger partial charge in [0.2, 0.25) is 0 Å². The molecule has 0 aliphatic rings. The fourth-order valence-electron chi connectivity index (χ4n) is 3.93. The zero-order chi connectivity index (χ0) is 23.7. The van der Waals surface area contributed by atoms with E-state index in [0.29, 0.717) is 6.42 Å². The maximum atomic E-state index is 11.9. The molecule has 0 rings (SSSR count). The Morgan fingerprint density at radius 1 is 0.781 bits per heavy atom. The highest BCUT2D eigenvalue weighted by Gasteiger charge is 2.22. The Morgan fingerprint density at radius 3 is 1.72 bits per heavy atom. The quantitative estimate of drug-likeness (QED) is 0.0910. The summed E-state index contributed by atoms with van der Waals surface area (Å²) in [6.07, 6.45) is 28.3. The Labute approximate surface area is 197 Å². The lowest BCUT2D eigenvalue weighted by Gasteiger charge is -2.13. The Morgan fingerprint density at radius 2 is 1.25 bits per heavy atom. The topological polar surface area (TPSA) is 63.6 Å². The van der Waals surface area contributed by atoms with Crippen molar-refractivity contribution in [2.24, 2.45) is 5.92 Å². The van der Waals surface area contributed by atoms with Gasteiger partial charge in [-0.05, 0) is 25.7 Å². The van der Waals surface area contributed by atoms with Gasteiger partial charge in [0.25, 0.3) is 0 Å². The van der Waals surface area contributed by atoms with E-state index in [0.717, 1.165) is 19.3 Å². The summed E-state index contributed by atoms with van der Waals surface area (Å²) in [6, 6.07) is 0. The van der Waals surface area contributed by atoms with E-state index in [-0.39, 0.29) is 13.0 Å². The number of carbonyl (C=O) groups is 2. The maximum Gasteiger partial charge on any atom is 0.309 e. The molecule has 0 spiro atoms. The van der Waals surface area contributed by atoms with Crippen LogP contribution < -0.4 is 0 Å². The monoisotopic (exact) mass is 450 g/mol. The average molecular weight is 451 g/mol. The minimum absolute atomic E-state index is 0.145. The van der Waals surface area contributed by atoms with E-state index in [1.54, 1.807) is 0 Å². The van der Waals surface area contributed by atoms with Crippen LogP contribution in [0.3, 0.4) is 0 Å². The molecule has 1 atom stereocenters. The van der Waals surface area contributed by atoms with Crippen molar-refractivity contribution in [2.75, 3.05) is 6.61 Å². The molecule has 0 saturated heterocycles. The molecule has 0 aliphatic carbocycles. The summed E-state index contributed by atoms with van der Waals surface area (Å²) < 4.78 is 5.02. The van der Waals surface area contributed by atoms with Gasteiger partial charge >= 0.3 is 11.9 Å². The maximum absolute atomic E-state index is 11.9. The number of hydrogen-bond donors (Lipinski definition) is 1. The lowest BCUT2D eigenvalue weighted by Crippen LogP contribution is -2.21. The van der Waals surface area contributed by atoms with Crippen LogP contribution in [0, 0.1) is 5.92 Å². The van der Waals surface area contributed by atoms with Crippen molar-refractivity contribution in [2.45, 2.75) is 129 Å². The Hall–Kier alpha value is -1.58. The van der Waals surface area contributed by atoms with E-state index in [2.05, 4.69) is 25.7 Å². The number of carboxylic acids is 1. The van der Waals surface area contributed by atoms with Crippen LogP contribution in [0.1, 0.15) is 129 Å². The molecule has 4 heteroatoms. The van der Waals surface area contributed by atoms with Gasteiger partial charge in [-0.1, -0.05) is 122 Å². The van der Waals surface area contributed by atoms with Gasteiger partial charge in [-0.25, -0.2) is 0 Å². The molecule has 1 unspecified atom stereocenters. The highest BCUT2D eigenvalue weighted by Crippen LogP contribution is 2.18. The van der Waals surface area contributed by atoms with Gasteiger partial charge in [-0.2, -0.15) is 0 Å². The smallest absolute Gasteiger partial charge is 0.309 e. The zero-order valence-electron chi connectivity index (χ0n) is 20.8. The average Bonchev–Trinajstić information content (AvgIpc) is 2.77. The van der Waals surface area contributed by atoms with Crippen molar-refractivity contribution in [3.8, 4) is 0 Å². The van der Waals surface area contributed by atoms with E-state index in [4.69, 9.17) is 9.84 Å². The van der Waals surface area contributed by atoms with Crippen LogP contribution in [0.25, 0.3) is 0 Å². The molecule has 32 heavy (non-hydrogen) atoms. The van der Waals surface area contributed by atoms with Crippen molar-refractivity contribution in [3.05, 3.63) is 24.8 Å². The molecule has 4 nitrogen and oxygen atoms in total. The predicted molar refractivity (Wildman–Crippen MR) is 135 cm³/mol. The second kappa shape index (κ2) is 24.1. The van der Waals surface area contributed by atoms with Gasteiger partial charge in [-0.3, -0.25) is 9.59 Å². The molecule has 0 saturated carbocycles. The molecule has 0 aromatic heterocycles. The molecule has 0 amide bonds. The largest absolute Gasteiger partial charge is 0.481 e. The minimum atomic E-state index is -0.944. The first-order chi connectivity index (χ1) is 15.6. The minimum Gasteiger partial charge on any atom is -0.481 e. The number of rotatable bonds is 24. The van der Waals surface area contributed by atoms with E-state index >= 15 is 0 Å². The summed E-state index contributed by atoms with van der Waals surface area (Å²) in [6.45, 7) is 5.90. The summed E-state index contributed by atoms with van der Waals surface area (Å²) in [5.41, 5.74) is 0. The van der Waals surface area contributed by atoms with Gasteiger partial charge < -0.3 is 9.84 Å². The van der Waals surface area contributed by atoms with Crippen LogP contribution in [0.4, 0.5) is 0 Å². The summed E-state index contributed by atoms with van der Waals surface area (Å²) in [7, 11) is 0. The van der Waals surface area contributed by atoms with Crippen LogP contribution in [0.2, 0.25) is 0 Å². The van der Waals surface area contributed by atoms with Crippen LogP contribution in [0.5, 0.6) is 0 Å². The van der Waals surface area contributed by atoms with E-state index in [1.165, 1.54) is 96.0 Å². The third kappa shape index (κ3) is 21.6. The van der Waals surface area contributed by atoms with Gasteiger partial charge in [0.1, 0.15) is 6.61 Å². The molecule has 0 aromatic rings. The first-order valence-electron chi connectivity index (χ1n) is 13.3. The lowest BCUT2D eigenvalue weighted by atomic mass is 9.97. The van der Waals surface area contributed by atoms with Gasteiger partial charge in [0.15, 0.2) is 0 Å². The summed E-state index contributed by atoms with van der Waals surface area (Å²) in [5.74, 6) is -1.89. The first-order valence-corrected chi connectivity index (χ1v) is 13.3. The number of unbranched alkanes of at least 4 members (excludes halogenated alkanes) is 15. The van der Waals surface area contributed by atoms with Crippen molar-refractivity contribution >= 4 is 11.9 Å². The Balaban J connectivity index is 3.45. The number of aliphatic carboxylic acids is 1. The molecular weight excluding hydrogens is 400 g/mol. The molecule has 0 aliphatic heterocycles. The summed E-state index contributed by atoms with van der Waals surface area (Å²) >= 11 is 0. The number of esters is 1. The molecule has 0 fully saturated rings. The lowest BCUT2D eigenvalue weighted by molar-refractivity contribution is -0.152. The highest BCUT2D eigenvalue weighted by molar-refractivity contribution is 5.79. The molecule has 1 N–H and O–H groups in total. The number of allylic oxidation sites excluding steroid dienone is 2. The molecule has 0 aromatic carbocycles. The Bertz CT molecular complexity index is 484. The molecule has 0 bridgehead atoms. The number of carboxylic acid groups (broad SMARTS) is 1. The van der Waals surface area contributed by atoms with Crippen LogP contribution in [-0.2, 0) is 14.3 Å². The van der Waals surface area contributed by atoms with Crippen LogP contribution >= 0.6 is 0 Å². The summed E-state index contributed by atoms with van der Waals surface area (Å²) in [5, 5.41) is 8.99. The van der Waals surface area contributed by atoms with Crippen molar-refractivity contribution < 1.29 is 19.4 Å². The Kier molecular flexibility index (Phi) is 22.9. The van der Waals surface area contributed by atoms with Crippen molar-refractivity contribution in [1.29, 1.82) is 0 Å². The first kappa shape index (κ1) is 30.4. The second-order valence-corrected chi connectivity index (χ2v) is 9.00. The number of ether oxygens (including phenoxy) is 1. The molecule has 0 heterocycles. The fraction of sp³-hybridized carbons (Fsp3) is 0.786. The third-order valence-electron chi connectivity index (χ3n) is 5.91. The normalized spacial score (nSPS) is 12.2. The molecule has 186 valence electrons. The van der Waals surface area contributed by atoms with Gasteiger partial charge in [0, 0.05) is 0 Å². The van der Waals surface area contributed by atoms with Crippen molar-refractivity contribution in [3.63, 3.8) is 0 Å². The van der Waals surface area contributed by atoms with E-state index < -0.39 is 17.9 Å². The summed E-state index contributed by atoms with van der Waals surface area (Å²) in [4.78, 5) is 22.9.